The molecular formula is C26H23NO4S2. The van der Waals surface area contributed by atoms with Gasteiger partial charge in [-0.3, -0.25) is 4.79 Å². The Balaban J connectivity index is 1.57. The molecule has 1 N–H and O–H groups in total. The van der Waals surface area contributed by atoms with Gasteiger partial charge in [-0.15, -0.1) is 11.3 Å². The van der Waals surface area contributed by atoms with Crippen LogP contribution >= 0.6 is 11.3 Å². The van der Waals surface area contributed by atoms with Crippen molar-refractivity contribution in [1.82, 2.24) is 4.57 Å². The van der Waals surface area contributed by atoms with E-state index in [9.17, 15) is 18.3 Å². The molecule has 0 spiro atoms. The zero-order chi connectivity index (χ0) is 23.6. The molecule has 0 aliphatic carbocycles. The molecule has 168 valence electrons. The Bertz CT molecular complexity index is 1490. The van der Waals surface area contributed by atoms with Crippen molar-refractivity contribution in [2.45, 2.75) is 17.6 Å². The number of hydrogen-bond donors (Lipinski definition) is 1. The maximum Gasteiger partial charge on any atom is 0.307 e. The van der Waals surface area contributed by atoms with Gasteiger partial charge in [-0.1, -0.05) is 42.2 Å². The van der Waals surface area contributed by atoms with E-state index in [0.29, 0.717) is 4.88 Å². The van der Waals surface area contributed by atoms with E-state index in [1.807, 2.05) is 73.3 Å². The zero-order valence-electron chi connectivity index (χ0n) is 18.3. The van der Waals surface area contributed by atoms with Gasteiger partial charge in [0, 0.05) is 29.7 Å². The molecule has 0 saturated carbocycles. The van der Waals surface area contributed by atoms with Crippen LogP contribution in [-0.2, 0) is 28.1 Å². The minimum absolute atomic E-state index is 0.139. The fourth-order valence-corrected chi connectivity index (χ4v) is 6.73. The summed E-state index contributed by atoms with van der Waals surface area (Å²) >= 11 is 1.07. The number of sulfone groups is 1. The number of aromatic nitrogens is 1. The standard InChI is InChI=1S/C26H23NO4S2/c1-18-7-6-10-23-25(18)20(16-27(23)2)15-21(26(28)29)17-33(30,31)24-14-13-22(32-24)12-11-19-8-4-3-5-9-19/h3-10,13-14,16,21H,15,17H2,1-2H3,(H,28,29)/t21-/m0/s1. The van der Waals surface area contributed by atoms with Crippen LogP contribution in [0.2, 0.25) is 0 Å². The Hall–Kier alpha value is -3.34. The number of hydrogen-bond acceptors (Lipinski definition) is 4. The fourth-order valence-electron chi connectivity index (χ4n) is 3.93. The lowest BCUT2D eigenvalue weighted by atomic mass is 9.98. The number of carboxylic acid groups (broad SMARTS) is 1. The van der Waals surface area contributed by atoms with E-state index in [0.717, 1.165) is 38.9 Å². The van der Waals surface area contributed by atoms with Crippen molar-refractivity contribution in [3.05, 3.63) is 88.4 Å². The quantitative estimate of drug-likeness (QED) is 0.410. The molecule has 5 nitrogen and oxygen atoms in total. The molecule has 1 atom stereocenters. The Morgan fingerprint density at radius 1 is 1.06 bits per heavy atom. The number of fused-ring (bicyclic) bond motifs is 1. The molecule has 2 heterocycles. The first-order valence-corrected chi connectivity index (χ1v) is 12.9. The van der Waals surface area contributed by atoms with Gasteiger partial charge in [-0.2, -0.15) is 0 Å². The largest absolute Gasteiger partial charge is 0.481 e. The van der Waals surface area contributed by atoms with E-state index in [4.69, 9.17) is 0 Å². The van der Waals surface area contributed by atoms with Gasteiger partial charge in [-0.05, 0) is 54.8 Å². The highest BCUT2D eigenvalue weighted by atomic mass is 32.2. The molecule has 0 bridgehead atoms. The van der Waals surface area contributed by atoms with Gasteiger partial charge in [0.1, 0.15) is 4.21 Å². The van der Waals surface area contributed by atoms with Crippen molar-refractivity contribution in [3.8, 4) is 11.8 Å². The predicted molar refractivity (Wildman–Crippen MR) is 131 cm³/mol. The summed E-state index contributed by atoms with van der Waals surface area (Å²) in [5.74, 6) is 3.36. The van der Waals surface area contributed by atoms with Crippen LogP contribution in [0.1, 0.15) is 21.6 Å². The highest BCUT2D eigenvalue weighted by Gasteiger charge is 2.29. The Labute approximate surface area is 197 Å². The van der Waals surface area contributed by atoms with Gasteiger partial charge in [0.15, 0.2) is 9.84 Å². The highest BCUT2D eigenvalue weighted by Crippen LogP contribution is 2.29. The fraction of sp³-hybridized carbons (Fsp3) is 0.192. The molecule has 0 unspecified atom stereocenters. The van der Waals surface area contributed by atoms with Gasteiger partial charge >= 0.3 is 5.97 Å². The second kappa shape index (κ2) is 9.26. The average molecular weight is 478 g/mol. The average Bonchev–Trinajstić information content (AvgIpc) is 3.39. The number of thiophene rings is 1. The molecule has 0 aliphatic heterocycles. The molecular weight excluding hydrogens is 454 g/mol. The Kier molecular flexibility index (Phi) is 6.41. The van der Waals surface area contributed by atoms with Gasteiger partial charge in [0.25, 0.3) is 0 Å². The SMILES string of the molecule is Cc1cccc2c1c(C[C@@H](CS(=O)(=O)c1ccc(C#Cc3ccccc3)s1)C(=O)O)cn2C. The molecule has 4 rings (SSSR count). The van der Waals surface area contributed by atoms with Gasteiger partial charge in [0.2, 0.25) is 0 Å². The van der Waals surface area contributed by atoms with Gasteiger partial charge in [-0.25, -0.2) is 8.42 Å². The van der Waals surface area contributed by atoms with Crippen molar-refractivity contribution in [3.63, 3.8) is 0 Å². The van der Waals surface area contributed by atoms with Gasteiger partial charge in [0.05, 0.1) is 16.5 Å². The van der Waals surface area contributed by atoms with E-state index in [1.54, 1.807) is 6.07 Å². The molecule has 4 aromatic rings. The summed E-state index contributed by atoms with van der Waals surface area (Å²) < 4.78 is 28.2. The second-order valence-corrected chi connectivity index (χ2v) is 11.3. The first kappa shape index (κ1) is 22.8. The number of rotatable bonds is 6. The molecule has 33 heavy (non-hydrogen) atoms. The molecule has 0 amide bonds. The maximum atomic E-state index is 13.1. The third-order valence-electron chi connectivity index (χ3n) is 5.53. The first-order chi connectivity index (χ1) is 15.7. The maximum absolute atomic E-state index is 13.1. The molecule has 0 radical (unpaired) electrons. The van der Waals surface area contributed by atoms with E-state index >= 15 is 0 Å². The summed E-state index contributed by atoms with van der Waals surface area (Å²) in [5.41, 5.74) is 3.72. The number of aliphatic carboxylic acids is 1. The lowest BCUT2D eigenvalue weighted by Gasteiger charge is -2.12. The van der Waals surface area contributed by atoms with Crippen LogP contribution < -0.4 is 0 Å². The predicted octanol–water partition coefficient (Wildman–Crippen LogP) is 4.67. The molecule has 0 fully saturated rings. The number of benzene rings is 2. The molecule has 2 aromatic carbocycles. The third kappa shape index (κ3) is 5.03. The Morgan fingerprint density at radius 3 is 2.55 bits per heavy atom. The normalized spacial score (nSPS) is 12.3. The summed E-state index contributed by atoms with van der Waals surface area (Å²) in [6.45, 7) is 1.97. The van der Waals surface area contributed by atoms with Crippen LogP contribution in [0.5, 0.6) is 0 Å². The lowest BCUT2D eigenvalue weighted by molar-refractivity contribution is -0.140. The third-order valence-corrected chi connectivity index (χ3v) is 8.93. The van der Waals surface area contributed by atoms with Crippen LogP contribution in [-0.4, -0.2) is 29.8 Å². The summed E-state index contributed by atoms with van der Waals surface area (Å²) in [7, 11) is -1.88. The molecule has 2 aromatic heterocycles. The zero-order valence-corrected chi connectivity index (χ0v) is 19.9. The van der Waals surface area contributed by atoms with Crippen molar-refractivity contribution in [1.29, 1.82) is 0 Å². The van der Waals surface area contributed by atoms with Crippen LogP contribution in [0.3, 0.4) is 0 Å². The minimum atomic E-state index is -3.78. The Morgan fingerprint density at radius 2 is 1.82 bits per heavy atom. The molecule has 7 heteroatoms. The van der Waals surface area contributed by atoms with Crippen molar-refractivity contribution < 1.29 is 18.3 Å². The minimum Gasteiger partial charge on any atom is -0.481 e. The van der Waals surface area contributed by atoms with Crippen LogP contribution in [0.15, 0.2) is 71.1 Å². The smallest absolute Gasteiger partial charge is 0.307 e. The van der Waals surface area contributed by atoms with Crippen LogP contribution in [0.4, 0.5) is 0 Å². The number of carboxylic acids is 1. The summed E-state index contributed by atoms with van der Waals surface area (Å²) in [6, 6.07) is 18.5. The van der Waals surface area contributed by atoms with Gasteiger partial charge < -0.3 is 9.67 Å². The number of aryl methyl sites for hydroxylation is 2. The van der Waals surface area contributed by atoms with Crippen LogP contribution in [0, 0.1) is 24.7 Å². The van der Waals surface area contributed by atoms with Crippen molar-refractivity contribution >= 4 is 38.0 Å². The van der Waals surface area contributed by atoms with E-state index in [1.165, 1.54) is 6.07 Å². The lowest BCUT2D eigenvalue weighted by Crippen LogP contribution is -2.25. The number of nitrogens with zero attached hydrogens (tertiary/aromatic N) is 1. The summed E-state index contributed by atoms with van der Waals surface area (Å²) in [5, 5.41) is 10.8. The second-order valence-electron chi connectivity index (χ2n) is 7.99. The topological polar surface area (TPSA) is 76.4 Å². The monoisotopic (exact) mass is 477 g/mol. The summed E-state index contributed by atoms with van der Waals surface area (Å²) in [4.78, 5) is 12.6. The summed E-state index contributed by atoms with van der Waals surface area (Å²) in [6.07, 6.45) is 2.03. The van der Waals surface area contributed by atoms with E-state index in [-0.39, 0.29) is 10.6 Å². The van der Waals surface area contributed by atoms with Crippen molar-refractivity contribution in [2.24, 2.45) is 13.0 Å². The van der Waals surface area contributed by atoms with Crippen molar-refractivity contribution in [2.75, 3.05) is 5.75 Å². The highest BCUT2D eigenvalue weighted by molar-refractivity contribution is 7.93. The van der Waals surface area contributed by atoms with Crippen LogP contribution in [0.25, 0.3) is 10.9 Å². The van der Waals surface area contributed by atoms with E-state index < -0.39 is 27.5 Å². The molecule has 0 saturated heterocycles. The number of carbonyl (C=O) groups is 1. The first-order valence-electron chi connectivity index (χ1n) is 10.4. The van der Waals surface area contributed by atoms with E-state index in [2.05, 4.69) is 11.8 Å². The molecule has 0 aliphatic rings.